The van der Waals surface area contributed by atoms with Crippen LogP contribution in [0.15, 0.2) is 18.2 Å². The number of thiophene rings is 1. The third kappa shape index (κ3) is 3.03. The lowest BCUT2D eigenvalue weighted by atomic mass is 9.87. The summed E-state index contributed by atoms with van der Waals surface area (Å²) in [6.45, 7) is 0.347. The van der Waals surface area contributed by atoms with Gasteiger partial charge in [0.05, 0.1) is 39.7 Å². The predicted molar refractivity (Wildman–Crippen MR) is 109 cm³/mol. The summed E-state index contributed by atoms with van der Waals surface area (Å²) in [5, 5.41) is 10.7. The third-order valence-electron chi connectivity index (χ3n) is 5.31. The monoisotopic (exact) mass is 458 g/mol. The van der Waals surface area contributed by atoms with E-state index in [1.807, 2.05) is 0 Å². The second kappa shape index (κ2) is 7.01. The number of nitrogens with zero attached hydrogens (tertiary/aromatic N) is 1. The second-order valence-corrected chi connectivity index (χ2v) is 10.4. The molecule has 2 aromatic heterocycles. The molecule has 0 amide bonds. The van der Waals surface area contributed by atoms with Gasteiger partial charge < -0.3 is 19.8 Å². The van der Waals surface area contributed by atoms with Gasteiger partial charge in [-0.15, -0.1) is 11.3 Å². The number of hydrogen-bond acceptors (Lipinski definition) is 7. The Morgan fingerprint density at radius 1 is 1.48 bits per heavy atom. The summed E-state index contributed by atoms with van der Waals surface area (Å²) in [7, 11) is -1.16. The fraction of sp³-hybridized carbons (Fsp3) is 0.412. The first-order valence-electron chi connectivity index (χ1n) is 8.70. The van der Waals surface area contributed by atoms with Gasteiger partial charge in [-0.25, -0.2) is 17.5 Å². The van der Waals surface area contributed by atoms with Gasteiger partial charge in [0.1, 0.15) is 10.9 Å². The highest BCUT2D eigenvalue weighted by Gasteiger charge is 2.57. The summed E-state index contributed by atoms with van der Waals surface area (Å²) in [4.78, 5) is 16.1. The normalized spacial score (nSPS) is 26.0. The Labute approximate surface area is 176 Å². The number of nitrogens with one attached hydrogen (secondary N) is 3. The highest BCUT2D eigenvalue weighted by atomic mass is 35.5. The number of rotatable bonds is 3. The summed E-state index contributed by atoms with van der Waals surface area (Å²) in [6.07, 6.45) is 0.352. The van der Waals surface area contributed by atoms with E-state index in [4.69, 9.17) is 26.5 Å². The number of H-pyrrole nitrogens is 1. The van der Waals surface area contributed by atoms with Gasteiger partial charge in [0, 0.05) is 20.1 Å². The molecule has 0 aromatic carbocycles. The van der Waals surface area contributed by atoms with Gasteiger partial charge in [0.15, 0.2) is 0 Å². The number of halogens is 1. The summed E-state index contributed by atoms with van der Waals surface area (Å²) in [5.41, 5.74) is -0.0924. The van der Waals surface area contributed by atoms with Gasteiger partial charge in [0.25, 0.3) is 0 Å². The lowest BCUT2D eigenvalue weighted by Gasteiger charge is -2.49. The molecule has 0 saturated carbocycles. The number of carbonyl (C=O) groups is 1. The summed E-state index contributed by atoms with van der Waals surface area (Å²) in [6, 6.07) is 5.07. The molecule has 156 valence electrons. The molecule has 2 saturated heterocycles. The fourth-order valence-electron chi connectivity index (χ4n) is 3.71. The highest BCUT2D eigenvalue weighted by Crippen LogP contribution is 2.47. The molecule has 4 rings (SSSR count). The molecule has 0 radical (unpaired) electrons. The molecule has 2 fully saturated rings. The Kier molecular flexibility index (Phi) is 4.88. The van der Waals surface area contributed by atoms with Crippen molar-refractivity contribution in [2.24, 2.45) is 0 Å². The molecule has 1 unspecified atom stereocenters. The third-order valence-corrected chi connectivity index (χ3v) is 9.27. The number of sulfonamides is 1. The second-order valence-electron chi connectivity index (χ2n) is 6.84. The van der Waals surface area contributed by atoms with Crippen LogP contribution in [0.1, 0.15) is 21.8 Å². The molecule has 9 nitrogen and oxygen atoms in total. The van der Waals surface area contributed by atoms with Crippen molar-refractivity contribution in [3.63, 3.8) is 0 Å². The molecule has 3 N–H and O–H groups in total. The van der Waals surface area contributed by atoms with Crippen molar-refractivity contribution < 1.29 is 22.7 Å². The molecule has 0 bridgehead atoms. The number of methoxy groups -OCH3 is 1. The average Bonchev–Trinajstić information content (AvgIpc) is 3.33. The van der Waals surface area contributed by atoms with Crippen LogP contribution in [0.5, 0.6) is 0 Å². The van der Waals surface area contributed by atoms with Crippen LogP contribution in [0.2, 0.25) is 5.02 Å². The SMILES string of the molecule is COC(=O)c1ccc(-c2cc(Cl)c([C@]34CCOCC3S(=O)(=O)N(C)C(=N)N4)s2)[nH]1. The largest absolute Gasteiger partial charge is 0.464 e. The van der Waals surface area contributed by atoms with Crippen LogP contribution in [0.25, 0.3) is 10.6 Å². The van der Waals surface area contributed by atoms with Crippen molar-refractivity contribution >= 4 is 44.9 Å². The fourth-order valence-corrected chi connectivity index (χ4v) is 7.25. The number of ether oxygens (including phenoxy) is 2. The topological polar surface area (TPSA) is 125 Å². The minimum absolute atomic E-state index is 0.00546. The zero-order valence-corrected chi connectivity index (χ0v) is 18.0. The van der Waals surface area contributed by atoms with Crippen molar-refractivity contribution in [1.29, 1.82) is 5.41 Å². The van der Waals surface area contributed by atoms with Crippen LogP contribution < -0.4 is 5.32 Å². The number of fused-ring (bicyclic) bond motifs is 1. The van der Waals surface area contributed by atoms with Gasteiger partial charge >= 0.3 is 5.97 Å². The molecule has 2 aromatic rings. The minimum Gasteiger partial charge on any atom is -0.464 e. The highest BCUT2D eigenvalue weighted by molar-refractivity contribution is 7.90. The van der Waals surface area contributed by atoms with E-state index in [1.54, 1.807) is 18.2 Å². The van der Waals surface area contributed by atoms with E-state index in [2.05, 4.69) is 10.3 Å². The smallest absolute Gasteiger partial charge is 0.354 e. The number of esters is 1. The lowest BCUT2D eigenvalue weighted by Crippen LogP contribution is -2.69. The molecule has 29 heavy (non-hydrogen) atoms. The van der Waals surface area contributed by atoms with Crippen LogP contribution in [0, 0.1) is 5.41 Å². The van der Waals surface area contributed by atoms with E-state index in [9.17, 15) is 13.2 Å². The zero-order valence-electron chi connectivity index (χ0n) is 15.6. The Hall–Kier alpha value is -2.08. The van der Waals surface area contributed by atoms with Crippen LogP contribution in [-0.4, -0.2) is 62.3 Å². The standard InChI is InChI=1S/C17H19ClN4O5S2/c1-22-16(19)21-17(5-6-27-8-13(17)29(22,24)25)14-9(18)7-12(28-14)10-3-4-11(20-10)15(23)26-2/h3-4,7,13,20H,5-6,8H2,1-2H3,(H2,19,21)/t13?,17-/m0/s1. The van der Waals surface area contributed by atoms with Crippen molar-refractivity contribution in [2.75, 3.05) is 27.4 Å². The Bertz CT molecular complexity index is 1100. The zero-order chi connectivity index (χ0) is 21.0. The van der Waals surface area contributed by atoms with Crippen molar-refractivity contribution in [1.82, 2.24) is 14.6 Å². The number of carbonyl (C=O) groups excluding carboxylic acids is 1. The number of aromatic nitrogens is 1. The maximum absolute atomic E-state index is 13.0. The van der Waals surface area contributed by atoms with E-state index in [1.165, 1.54) is 25.5 Å². The number of aromatic amines is 1. The van der Waals surface area contributed by atoms with E-state index in [-0.39, 0.29) is 12.6 Å². The molecule has 12 heteroatoms. The van der Waals surface area contributed by atoms with Crippen LogP contribution in [0.4, 0.5) is 0 Å². The Morgan fingerprint density at radius 2 is 2.24 bits per heavy atom. The molecule has 2 aliphatic heterocycles. The summed E-state index contributed by atoms with van der Waals surface area (Å²) in [5.74, 6) is -0.694. The quantitative estimate of drug-likeness (QED) is 0.604. The molecular formula is C17H19ClN4O5S2. The maximum atomic E-state index is 13.0. The first-order chi connectivity index (χ1) is 13.7. The van der Waals surface area contributed by atoms with Crippen LogP contribution >= 0.6 is 22.9 Å². The first kappa shape index (κ1) is 20.2. The number of guanidine groups is 1. The number of hydrogen-bond donors (Lipinski definition) is 3. The van der Waals surface area contributed by atoms with E-state index in [0.717, 1.165) is 9.18 Å². The van der Waals surface area contributed by atoms with Gasteiger partial charge in [0.2, 0.25) is 16.0 Å². The average molecular weight is 459 g/mol. The maximum Gasteiger partial charge on any atom is 0.354 e. The summed E-state index contributed by atoms with van der Waals surface area (Å²) >= 11 is 7.88. The van der Waals surface area contributed by atoms with Crippen LogP contribution in [-0.2, 0) is 25.0 Å². The minimum atomic E-state index is -3.80. The van der Waals surface area contributed by atoms with Crippen molar-refractivity contribution in [2.45, 2.75) is 17.2 Å². The Morgan fingerprint density at radius 3 is 2.97 bits per heavy atom. The first-order valence-corrected chi connectivity index (χ1v) is 11.4. The lowest BCUT2D eigenvalue weighted by molar-refractivity contribution is 0.0442. The van der Waals surface area contributed by atoms with Gasteiger partial charge in [-0.3, -0.25) is 5.41 Å². The molecule has 0 spiro atoms. The van der Waals surface area contributed by atoms with Crippen LogP contribution in [0.3, 0.4) is 0 Å². The van der Waals surface area contributed by atoms with Crippen molar-refractivity contribution in [3.8, 4) is 10.6 Å². The Balaban J connectivity index is 1.80. The van der Waals surface area contributed by atoms with Gasteiger partial charge in [-0.1, -0.05) is 11.6 Å². The van der Waals surface area contributed by atoms with E-state index in [0.29, 0.717) is 34.3 Å². The molecule has 0 aliphatic carbocycles. The van der Waals surface area contributed by atoms with Gasteiger partial charge in [-0.2, -0.15) is 0 Å². The van der Waals surface area contributed by atoms with E-state index >= 15 is 0 Å². The molecule has 2 aliphatic rings. The predicted octanol–water partition coefficient (Wildman–Crippen LogP) is 1.97. The molecule has 4 heterocycles. The van der Waals surface area contributed by atoms with Crippen molar-refractivity contribution in [3.05, 3.63) is 33.8 Å². The molecule has 2 atom stereocenters. The molecular weight excluding hydrogens is 440 g/mol. The van der Waals surface area contributed by atoms with E-state index < -0.39 is 26.8 Å². The summed E-state index contributed by atoms with van der Waals surface area (Å²) < 4.78 is 37.1. The van der Waals surface area contributed by atoms with Gasteiger partial charge in [-0.05, 0) is 18.2 Å².